The number of nitrogens with two attached hydrogens (primary N) is 2. The molecule has 0 aromatic heterocycles. The van der Waals surface area contributed by atoms with E-state index in [1.807, 2.05) is 60.7 Å². The number of halogens is 4. The minimum absolute atomic E-state index is 0.286. The molecule has 4 aromatic rings. The van der Waals surface area contributed by atoms with Crippen LogP contribution in [0.4, 0.5) is 11.4 Å². The average molecular weight is 1120 g/mol. The van der Waals surface area contributed by atoms with Crippen molar-refractivity contribution in [2.45, 2.75) is 52.4 Å². The normalized spacial score (nSPS) is 11.2. The summed E-state index contributed by atoms with van der Waals surface area (Å²) < 4.78 is 25.7. The maximum Gasteiger partial charge on any atom is 0.338 e. The summed E-state index contributed by atoms with van der Waals surface area (Å²) in [6, 6.07) is 29.2. The zero-order valence-electron chi connectivity index (χ0n) is 35.0. The van der Waals surface area contributed by atoms with E-state index >= 15 is 0 Å². The molecule has 0 atom stereocenters. The lowest BCUT2D eigenvalue weighted by Gasteiger charge is -2.19. The van der Waals surface area contributed by atoms with Gasteiger partial charge in [-0.2, -0.15) is 0 Å². The van der Waals surface area contributed by atoms with Crippen LogP contribution in [0.25, 0.3) is 66.8 Å². The van der Waals surface area contributed by atoms with Gasteiger partial charge in [-0.15, -0.1) is 0 Å². The van der Waals surface area contributed by atoms with Crippen LogP contribution in [-0.4, -0.2) is 25.2 Å². The fourth-order valence-corrected chi connectivity index (χ4v) is 9.31. The van der Waals surface area contributed by atoms with E-state index in [2.05, 4.69) is 70.6 Å². The number of rotatable bonds is 12. The van der Waals surface area contributed by atoms with Crippen LogP contribution in [0.5, 0.6) is 0 Å². The Labute approximate surface area is 403 Å². The van der Waals surface area contributed by atoms with Crippen LogP contribution in [0.2, 0.25) is 0 Å². The van der Waals surface area contributed by atoms with Gasteiger partial charge in [-0.3, -0.25) is 10.8 Å². The number of unbranched alkanes of at least 4 members (excludes halogenated alkanes) is 5. The summed E-state index contributed by atoms with van der Waals surface area (Å²) in [5.74, 6) is 0.282. The molecule has 2 heterocycles. The molecule has 4 aliphatic rings. The van der Waals surface area contributed by atoms with E-state index < -0.39 is 5.97 Å². The SMILES string of the molecule is CCCCCCCCOC(=O)c1ccccc1-c1c2ccc(=N)c(Br)c-2oc2c(Br)c(N)ccc12.CCOC(=O)c1ccccc1-c1c2ccc(=N)c(Br)c-2oc2c(Br)c(N)ccc12. The number of esters is 2. The molecule has 10 nitrogen and oxygen atoms in total. The highest BCUT2D eigenvalue weighted by Gasteiger charge is 2.27. The van der Waals surface area contributed by atoms with Crippen molar-refractivity contribution in [2.24, 2.45) is 0 Å². The predicted molar refractivity (Wildman–Crippen MR) is 267 cm³/mol. The lowest BCUT2D eigenvalue weighted by Crippen LogP contribution is -2.09. The van der Waals surface area contributed by atoms with Crippen LogP contribution in [0.3, 0.4) is 0 Å². The molecule has 328 valence electrons. The van der Waals surface area contributed by atoms with Gasteiger partial charge in [-0.25, -0.2) is 9.59 Å². The van der Waals surface area contributed by atoms with Crippen molar-refractivity contribution in [2.75, 3.05) is 24.7 Å². The fourth-order valence-electron chi connectivity index (χ4n) is 7.61. The highest BCUT2D eigenvalue weighted by atomic mass is 79.9. The second-order valence-electron chi connectivity index (χ2n) is 15.0. The number of benzene rings is 6. The number of ether oxygens (including phenoxy) is 2. The summed E-state index contributed by atoms with van der Waals surface area (Å²) in [7, 11) is 0. The summed E-state index contributed by atoms with van der Waals surface area (Å²) in [4.78, 5) is 25.8. The topological polar surface area (TPSA) is 179 Å². The number of hydrogen-bond donors (Lipinski definition) is 4. The maximum absolute atomic E-state index is 13.2. The highest BCUT2D eigenvalue weighted by Crippen LogP contribution is 2.47. The smallest absolute Gasteiger partial charge is 0.338 e. The van der Waals surface area contributed by atoms with Crippen molar-refractivity contribution in [3.05, 3.63) is 137 Å². The molecule has 2 aliphatic carbocycles. The summed E-state index contributed by atoms with van der Waals surface area (Å²) in [6.45, 7) is 4.67. The van der Waals surface area contributed by atoms with Gasteiger partial charge in [0, 0.05) is 44.4 Å². The van der Waals surface area contributed by atoms with Gasteiger partial charge in [0.2, 0.25) is 0 Å². The van der Waals surface area contributed by atoms with Gasteiger partial charge in [0.15, 0.2) is 22.7 Å². The molecule has 0 spiro atoms. The van der Waals surface area contributed by atoms with Gasteiger partial charge in [0.05, 0.1) is 52.9 Å². The maximum atomic E-state index is 13.2. The Kier molecular flexibility index (Phi) is 15.1. The Bertz CT molecular complexity index is 3110. The van der Waals surface area contributed by atoms with Gasteiger partial charge in [0.25, 0.3) is 0 Å². The molecule has 6 N–H and O–H groups in total. The number of anilines is 2. The zero-order valence-corrected chi connectivity index (χ0v) is 41.4. The minimum atomic E-state index is -0.393. The Morgan fingerprint density at radius 1 is 0.531 bits per heavy atom. The molecule has 8 rings (SSSR count). The standard InChI is InChI=1S/C28H28Br2N2O3.C22H16Br2N2O3/c1-2-3-4-5-6-9-16-34-28(33)18-11-8-7-10-17(18)23-19-12-14-21(31)24(29)26(19)35-27-20(23)13-15-22(32)25(27)30;1-2-28-22(27)12-6-4-3-5-11(12)17-13-7-9-15(25)18(23)20(13)29-21-14(17)8-10-16(26)19(21)24/h7-8,10-15,31H,2-6,9,16,32H2,1H3;3-10,25H,2,26H2,1H3. The molecule has 0 amide bonds. The van der Waals surface area contributed by atoms with E-state index in [1.54, 1.807) is 43.3 Å². The molecule has 4 aromatic carbocycles. The lowest BCUT2D eigenvalue weighted by atomic mass is 9.90. The van der Waals surface area contributed by atoms with E-state index in [0.717, 1.165) is 57.0 Å². The third kappa shape index (κ3) is 9.42. The van der Waals surface area contributed by atoms with Gasteiger partial charge in [-0.1, -0.05) is 75.4 Å². The summed E-state index contributed by atoms with van der Waals surface area (Å²) in [5.41, 5.74) is 20.0. The predicted octanol–water partition coefficient (Wildman–Crippen LogP) is 14.3. The van der Waals surface area contributed by atoms with Gasteiger partial charge in [0.1, 0.15) is 0 Å². The largest absolute Gasteiger partial charge is 0.462 e. The van der Waals surface area contributed by atoms with Crippen LogP contribution in [-0.2, 0) is 9.47 Å². The minimum Gasteiger partial charge on any atom is -0.462 e. The number of fused-ring (bicyclic) bond motifs is 4. The fraction of sp³-hybridized carbons (Fsp3) is 0.200. The molecule has 0 saturated carbocycles. The number of carbonyl (C=O) groups excluding carboxylic acids is 2. The first-order valence-corrected chi connectivity index (χ1v) is 23.9. The van der Waals surface area contributed by atoms with E-state index in [-0.39, 0.29) is 12.6 Å². The molecule has 2 aliphatic heterocycles. The van der Waals surface area contributed by atoms with E-state index in [9.17, 15) is 9.59 Å². The second-order valence-corrected chi connectivity index (χ2v) is 18.1. The van der Waals surface area contributed by atoms with Crippen LogP contribution in [0.15, 0.2) is 124 Å². The number of nitrogens with one attached hydrogen (secondary N) is 2. The molecule has 64 heavy (non-hydrogen) atoms. The van der Waals surface area contributed by atoms with Crippen molar-refractivity contribution in [3.63, 3.8) is 0 Å². The summed E-state index contributed by atoms with van der Waals surface area (Å²) >= 11 is 14.0. The Balaban J connectivity index is 0.000000195. The Hall–Kier alpha value is -5.28. The number of hydrogen-bond acceptors (Lipinski definition) is 10. The van der Waals surface area contributed by atoms with Crippen molar-refractivity contribution in [1.29, 1.82) is 10.8 Å². The molecule has 0 bridgehead atoms. The van der Waals surface area contributed by atoms with E-state index in [4.69, 9.17) is 40.6 Å². The first-order valence-electron chi connectivity index (χ1n) is 20.8. The van der Waals surface area contributed by atoms with Crippen LogP contribution in [0, 0.1) is 10.8 Å². The van der Waals surface area contributed by atoms with Crippen LogP contribution < -0.4 is 22.2 Å². The quantitative estimate of drug-likeness (QED) is 0.0404. The first-order chi connectivity index (χ1) is 30.9. The van der Waals surface area contributed by atoms with Crippen molar-refractivity contribution in [1.82, 2.24) is 0 Å². The lowest BCUT2D eigenvalue weighted by molar-refractivity contribution is 0.0495. The average Bonchev–Trinajstić information content (AvgIpc) is 3.30. The second kappa shape index (κ2) is 20.7. The number of nitrogen functional groups attached to an aromatic ring is 2. The molecule has 0 radical (unpaired) electrons. The molecule has 0 unspecified atom stereocenters. The van der Waals surface area contributed by atoms with Crippen molar-refractivity contribution < 1.29 is 27.9 Å². The third-order valence-corrected chi connectivity index (χ3v) is 14.0. The molecular formula is C50H44Br4N4O6. The monoisotopic (exact) mass is 1110 g/mol. The summed E-state index contributed by atoms with van der Waals surface area (Å²) in [6.07, 6.45) is 6.77. The van der Waals surface area contributed by atoms with Crippen LogP contribution in [0.1, 0.15) is 73.1 Å². The van der Waals surface area contributed by atoms with Crippen molar-refractivity contribution in [3.8, 4) is 44.9 Å². The van der Waals surface area contributed by atoms with Gasteiger partial charge >= 0.3 is 11.9 Å². The Morgan fingerprint density at radius 3 is 1.44 bits per heavy atom. The Morgan fingerprint density at radius 2 is 0.969 bits per heavy atom. The summed E-state index contributed by atoms with van der Waals surface area (Å²) in [5, 5.41) is 18.5. The van der Waals surface area contributed by atoms with Gasteiger partial charge in [-0.05, 0) is 149 Å². The molecule has 0 fully saturated rings. The van der Waals surface area contributed by atoms with E-state index in [0.29, 0.717) is 80.4 Å². The van der Waals surface area contributed by atoms with E-state index in [1.165, 1.54) is 25.7 Å². The number of carbonyl (C=O) groups is 2. The van der Waals surface area contributed by atoms with Crippen molar-refractivity contribution >= 4 is 109 Å². The first kappa shape index (κ1) is 46.7. The third-order valence-electron chi connectivity index (χ3n) is 10.8. The van der Waals surface area contributed by atoms with Gasteiger partial charge < -0.3 is 29.8 Å². The van der Waals surface area contributed by atoms with Crippen LogP contribution >= 0.6 is 63.7 Å². The molecule has 0 saturated heterocycles. The molecular weight excluding hydrogens is 1070 g/mol. The highest BCUT2D eigenvalue weighted by molar-refractivity contribution is 9.11. The zero-order chi connectivity index (χ0) is 45.7. The molecule has 14 heteroatoms.